The Morgan fingerprint density at radius 1 is 1.55 bits per heavy atom. The van der Waals surface area contributed by atoms with Crippen molar-refractivity contribution in [2.75, 3.05) is 0 Å². The van der Waals surface area contributed by atoms with E-state index >= 15 is 0 Å². The van der Waals surface area contributed by atoms with E-state index in [9.17, 15) is 13.2 Å². The first kappa shape index (κ1) is 8.22. The number of sulfonamides is 1. The molecule has 1 radical (unpaired) electrons. The minimum absolute atomic E-state index is 0.112. The van der Waals surface area contributed by atoms with Gasteiger partial charge >= 0.3 is 6.41 Å². The van der Waals surface area contributed by atoms with Crippen molar-refractivity contribution in [3.05, 3.63) is 17.5 Å². The van der Waals surface area contributed by atoms with E-state index in [0.717, 1.165) is 17.7 Å². The molecular weight excluding hydrogens is 186 g/mol. The maximum absolute atomic E-state index is 10.9. The van der Waals surface area contributed by atoms with Crippen molar-refractivity contribution in [1.29, 1.82) is 0 Å². The summed E-state index contributed by atoms with van der Waals surface area (Å²) in [4.78, 5) is 9.71. The summed E-state index contributed by atoms with van der Waals surface area (Å²) in [6.45, 7) is 0. The van der Waals surface area contributed by atoms with Gasteiger partial charge in [0, 0.05) is 0 Å². The molecule has 0 aliphatic rings. The van der Waals surface area contributed by atoms with Crippen LogP contribution in [-0.4, -0.2) is 14.8 Å². The van der Waals surface area contributed by atoms with Gasteiger partial charge in [-0.1, -0.05) is 6.07 Å². The van der Waals surface area contributed by atoms with Crippen molar-refractivity contribution in [2.24, 2.45) is 0 Å². The number of amides is 1. The van der Waals surface area contributed by atoms with Crippen molar-refractivity contribution in [3.8, 4) is 0 Å². The van der Waals surface area contributed by atoms with Gasteiger partial charge in [0.15, 0.2) is 0 Å². The van der Waals surface area contributed by atoms with E-state index < -0.39 is 10.0 Å². The molecule has 0 aliphatic carbocycles. The van der Waals surface area contributed by atoms with Crippen molar-refractivity contribution in [1.82, 2.24) is 4.72 Å². The number of carbonyl (C=O) groups excluding carboxylic acids is 1. The summed E-state index contributed by atoms with van der Waals surface area (Å²) in [5.74, 6) is 0. The molecule has 0 aromatic carbocycles. The summed E-state index contributed by atoms with van der Waals surface area (Å²) in [6.07, 6.45) is 1.11. The first-order chi connectivity index (χ1) is 5.17. The van der Waals surface area contributed by atoms with Gasteiger partial charge in [-0.15, -0.1) is 11.3 Å². The fourth-order valence-electron chi connectivity index (χ4n) is 0.522. The van der Waals surface area contributed by atoms with Crippen LogP contribution in [0.1, 0.15) is 0 Å². The summed E-state index contributed by atoms with van der Waals surface area (Å²) in [6, 6.07) is 2.99. The van der Waals surface area contributed by atoms with Crippen LogP contribution in [0.15, 0.2) is 21.7 Å². The normalized spacial score (nSPS) is 10.9. The van der Waals surface area contributed by atoms with Crippen LogP contribution in [0.5, 0.6) is 0 Å². The molecule has 59 valence electrons. The lowest BCUT2D eigenvalue weighted by molar-refractivity contribution is 0.547. The first-order valence-corrected chi connectivity index (χ1v) is 4.95. The van der Waals surface area contributed by atoms with Crippen molar-refractivity contribution >= 4 is 27.8 Å². The van der Waals surface area contributed by atoms with Crippen LogP contribution in [0, 0.1) is 0 Å². The molecule has 0 aliphatic heterocycles. The van der Waals surface area contributed by atoms with E-state index in [4.69, 9.17) is 0 Å². The third kappa shape index (κ3) is 1.78. The SMILES string of the molecule is O=[C]NS(=O)(=O)c1cccs1. The highest BCUT2D eigenvalue weighted by Crippen LogP contribution is 2.14. The van der Waals surface area contributed by atoms with Gasteiger partial charge < -0.3 is 0 Å². The Morgan fingerprint density at radius 3 is 2.73 bits per heavy atom. The second kappa shape index (κ2) is 3.02. The van der Waals surface area contributed by atoms with Crippen LogP contribution in [0.3, 0.4) is 0 Å². The Bertz CT molecular complexity index is 327. The van der Waals surface area contributed by atoms with E-state index in [1.807, 2.05) is 0 Å². The number of thiophene rings is 1. The molecule has 11 heavy (non-hydrogen) atoms. The minimum atomic E-state index is -3.62. The highest BCUT2D eigenvalue weighted by molar-refractivity contribution is 7.92. The van der Waals surface area contributed by atoms with Gasteiger partial charge in [-0.3, -0.25) is 4.79 Å². The molecule has 1 N–H and O–H groups in total. The zero-order valence-corrected chi connectivity index (χ0v) is 6.91. The molecule has 1 heterocycles. The molecule has 0 bridgehead atoms. The number of hydrogen-bond donors (Lipinski definition) is 1. The molecule has 0 fully saturated rings. The van der Waals surface area contributed by atoms with Gasteiger partial charge in [0.2, 0.25) is 0 Å². The topological polar surface area (TPSA) is 63.2 Å². The van der Waals surface area contributed by atoms with Crippen LogP contribution in [0.2, 0.25) is 0 Å². The largest absolute Gasteiger partial charge is 0.324 e. The lowest BCUT2D eigenvalue weighted by Gasteiger charge is -1.94. The van der Waals surface area contributed by atoms with Crippen molar-refractivity contribution in [2.45, 2.75) is 4.21 Å². The van der Waals surface area contributed by atoms with Gasteiger partial charge in [0.25, 0.3) is 10.0 Å². The predicted molar refractivity (Wildman–Crippen MR) is 40.3 cm³/mol. The Morgan fingerprint density at radius 2 is 2.27 bits per heavy atom. The molecule has 0 spiro atoms. The Balaban J connectivity index is 3.01. The number of rotatable bonds is 3. The van der Waals surface area contributed by atoms with E-state index in [2.05, 4.69) is 0 Å². The average Bonchev–Trinajstić information content (AvgIpc) is 2.37. The quantitative estimate of drug-likeness (QED) is 0.687. The molecular formula is C5H4NO3S2. The van der Waals surface area contributed by atoms with Crippen LogP contribution < -0.4 is 4.72 Å². The lowest BCUT2D eigenvalue weighted by Crippen LogP contribution is -2.20. The monoisotopic (exact) mass is 190 g/mol. The highest BCUT2D eigenvalue weighted by Gasteiger charge is 2.12. The predicted octanol–water partition coefficient (Wildman–Crippen LogP) is 0.0936. The summed E-state index contributed by atoms with van der Waals surface area (Å²) >= 11 is 1.04. The molecule has 0 saturated carbocycles. The fourth-order valence-corrected chi connectivity index (χ4v) is 2.24. The Hall–Kier alpha value is -0.880. The van der Waals surface area contributed by atoms with E-state index in [1.54, 1.807) is 16.2 Å². The molecule has 0 saturated heterocycles. The van der Waals surface area contributed by atoms with Crippen LogP contribution in [0.25, 0.3) is 0 Å². The van der Waals surface area contributed by atoms with Gasteiger partial charge in [-0.25, -0.2) is 13.1 Å². The first-order valence-electron chi connectivity index (χ1n) is 2.59. The average molecular weight is 190 g/mol. The zero-order chi connectivity index (χ0) is 8.32. The van der Waals surface area contributed by atoms with Crippen LogP contribution >= 0.6 is 11.3 Å². The summed E-state index contributed by atoms with van der Waals surface area (Å²) < 4.78 is 23.6. The summed E-state index contributed by atoms with van der Waals surface area (Å²) in [7, 11) is -3.62. The van der Waals surface area contributed by atoms with E-state index in [1.165, 1.54) is 6.07 Å². The summed E-state index contributed by atoms with van der Waals surface area (Å²) in [5, 5.41) is 1.61. The Kier molecular flexibility index (Phi) is 2.25. The molecule has 1 aromatic heterocycles. The van der Waals surface area contributed by atoms with Gasteiger partial charge in [-0.05, 0) is 11.4 Å². The molecule has 0 unspecified atom stereocenters. The van der Waals surface area contributed by atoms with Gasteiger partial charge in [-0.2, -0.15) is 0 Å². The third-order valence-electron chi connectivity index (χ3n) is 0.936. The molecule has 1 aromatic rings. The third-order valence-corrected chi connectivity index (χ3v) is 3.56. The minimum Gasteiger partial charge on any atom is -0.262 e. The maximum Gasteiger partial charge on any atom is 0.324 e. The van der Waals surface area contributed by atoms with E-state index in [0.29, 0.717) is 0 Å². The smallest absolute Gasteiger partial charge is 0.262 e. The second-order valence-corrected chi connectivity index (χ2v) is 4.50. The van der Waals surface area contributed by atoms with Crippen molar-refractivity contribution in [3.63, 3.8) is 0 Å². The zero-order valence-electron chi connectivity index (χ0n) is 5.27. The van der Waals surface area contributed by atoms with Gasteiger partial charge in [0.05, 0.1) is 0 Å². The van der Waals surface area contributed by atoms with E-state index in [-0.39, 0.29) is 4.21 Å². The number of hydrogen-bond acceptors (Lipinski definition) is 4. The lowest BCUT2D eigenvalue weighted by atomic mass is 10.7. The molecule has 1 rings (SSSR count). The molecule has 1 amide bonds. The fraction of sp³-hybridized carbons (Fsp3) is 0. The highest BCUT2D eigenvalue weighted by atomic mass is 32.2. The van der Waals surface area contributed by atoms with Crippen LogP contribution in [0.4, 0.5) is 0 Å². The second-order valence-electron chi connectivity index (χ2n) is 1.64. The van der Waals surface area contributed by atoms with Gasteiger partial charge in [0.1, 0.15) is 4.21 Å². The standard InChI is InChI=1S/C5H4NO3S2/c7-4-6-11(8,9)5-2-1-3-10-5/h1-3H,(H,6,7). The summed E-state index contributed by atoms with van der Waals surface area (Å²) in [5.41, 5.74) is 0. The van der Waals surface area contributed by atoms with Crippen molar-refractivity contribution < 1.29 is 13.2 Å². The maximum atomic E-state index is 10.9. The molecule has 0 atom stereocenters. The Labute approximate surface area is 67.9 Å². The van der Waals surface area contributed by atoms with Crippen LogP contribution in [-0.2, 0) is 14.8 Å². The molecule has 6 heteroatoms. The molecule has 4 nitrogen and oxygen atoms in total. The number of nitrogens with one attached hydrogen (secondary N) is 1.